The van der Waals surface area contributed by atoms with E-state index < -0.39 is 0 Å². The minimum Gasteiger partial charge on any atom is -0.347 e. The van der Waals surface area contributed by atoms with Gasteiger partial charge < -0.3 is 10.7 Å². The number of hydrogen-bond acceptors (Lipinski definition) is 2. The number of nitrogens with zero attached hydrogens (tertiary/aromatic N) is 1. The molecule has 1 unspecified atom stereocenters. The Labute approximate surface area is 71.8 Å². The van der Waals surface area contributed by atoms with Crippen LogP contribution in [0, 0.1) is 12.3 Å². The number of rotatable bonds is 2. The van der Waals surface area contributed by atoms with Crippen LogP contribution in [-0.2, 0) is 0 Å². The first-order chi connectivity index (χ1) is 4.88. The predicted octanol–water partition coefficient (Wildman–Crippen LogP) is 0.507. The van der Waals surface area contributed by atoms with Crippen LogP contribution < -0.4 is 5.73 Å². The molecule has 0 bridgehead atoms. The van der Waals surface area contributed by atoms with Crippen molar-refractivity contribution in [2.45, 2.75) is 5.92 Å². The zero-order chi connectivity index (χ0) is 7.40. The van der Waals surface area contributed by atoms with Gasteiger partial charge in [0, 0.05) is 12.7 Å². The highest BCUT2D eigenvalue weighted by atomic mass is 35.5. The van der Waals surface area contributed by atoms with Crippen LogP contribution >= 0.6 is 12.4 Å². The number of imidazole rings is 1. The highest BCUT2D eigenvalue weighted by Crippen LogP contribution is 2.07. The molecule has 0 saturated heterocycles. The van der Waals surface area contributed by atoms with Gasteiger partial charge in [0.1, 0.15) is 0 Å². The van der Waals surface area contributed by atoms with Crippen LogP contribution in [-0.4, -0.2) is 16.5 Å². The van der Waals surface area contributed by atoms with Crippen molar-refractivity contribution in [3.8, 4) is 12.3 Å². The molecule has 0 radical (unpaired) electrons. The fraction of sp³-hybridized carbons (Fsp3) is 0.286. The van der Waals surface area contributed by atoms with E-state index in [9.17, 15) is 0 Å². The van der Waals surface area contributed by atoms with Gasteiger partial charge in [-0.25, -0.2) is 4.98 Å². The fourth-order valence-corrected chi connectivity index (χ4v) is 0.742. The molecular formula is C7H10ClN3. The van der Waals surface area contributed by atoms with Crippen LogP contribution in [0.4, 0.5) is 0 Å². The van der Waals surface area contributed by atoms with Crippen molar-refractivity contribution in [3.63, 3.8) is 0 Å². The molecule has 0 aliphatic rings. The summed E-state index contributed by atoms with van der Waals surface area (Å²) in [5, 5.41) is 0. The molecule has 1 heterocycles. The number of aromatic amines is 1. The molecule has 0 aliphatic heterocycles. The van der Waals surface area contributed by atoms with E-state index in [1.165, 1.54) is 0 Å². The average molecular weight is 172 g/mol. The summed E-state index contributed by atoms with van der Waals surface area (Å²) in [5.74, 6) is 2.53. The van der Waals surface area contributed by atoms with Gasteiger partial charge in [-0.2, -0.15) is 0 Å². The quantitative estimate of drug-likeness (QED) is 0.637. The van der Waals surface area contributed by atoms with Crippen LogP contribution in [0.25, 0.3) is 0 Å². The number of H-pyrrole nitrogens is 1. The third kappa shape index (κ3) is 2.26. The summed E-state index contributed by atoms with van der Waals surface area (Å²) in [6, 6.07) is 0. The monoisotopic (exact) mass is 171 g/mol. The molecule has 0 fully saturated rings. The Morgan fingerprint density at radius 1 is 1.82 bits per heavy atom. The third-order valence-electron chi connectivity index (χ3n) is 1.33. The van der Waals surface area contributed by atoms with Crippen molar-refractivity contribution < 1.29 is 0 Å². The Balaban J connectivity index is 0.000001000. The molecular weight excluding hydrogens is 162 g/mol. The fourth-order valence-electron chi connectivity index (χ4n) is 0.742. The van der Waals surface area contributed by atoms with Crippen molar-refractivity contribution in [1.82, 2.24) is 9.97 Å². The molecule has 0 aromatic carbocycles. The Bertz CT molecular complexity index is 224. The first-order valence-electron chi connectivity index (χ1n) is 3.03. The lowest BCUT2D eigenvalue weighted by Crippen LogP contribution is -2.10. The van der Waals surface area contributed by atoms with Gasteiger partial charge in [0.25, 0.3) is 0 Å². The second-order valence-electron chi connectivity index (χ2n) is 1.96. The molecule has 60 valence electrons. The third-order valence-corrected chi connectivity index (χ3v) is 1.33. The molecule has 0 saturated carbocycles. The zero-order valence-electron chi connectivity index (χ0n) is 5.95. The summed E-state index contributed by atoms with van der Waals surface area (Å²) < 4.78 is 0. The largest absolute Gasteiger partial charge is 0.347 e. The van der Waals surface area contributed by atoms with E-state index in [1.54, 1.807) is 12.5 Å². The highest BCUT2D eigenvalue weighted by Gasteiger charge is 2.05. The van der Waals surface area contributed by atoms with Crippen LogP contribution in [0.5, 0.6) is 0 Å². The molecule has 4 heteroatoms. The number of nitrogens with two attached hydrogens (primary N) is 1. The number of nitrogens with one attached hydrogen (secondary N) is 1. The van der Waals surface area contributed by atoms with Crippen molar-refractivity contribution >= 4 is 12.4 Å². The SMILES string of the molecule is C#CC(CN)c1cnc[nH]1.Cl. The van der Waals surface area contributed by atoms with E-state index in [0.717, 1.165) is 5.69 Å². The van der Waals surface area contributed by atoms with Gasteiger partial charge in [0.05, 0.1) is 17.9 Å². The van der Waals surface area contributed by atoms with Crippen LogP contribution in [0.2, 0.25) is 0 Å². The minimum atomic E-state index is -0.0255. The Morgan fingerprint density at radius 2 is 2.55 bits per heavy atom. The van der Waals surface area contributed by atoms with Gasteiger partial charge in [0.15, 0.2) is 0 Å². The van der Waals surface area contributed by atoms with Gasteiger partial charge in [-0.15, -0.1) is 18.8 Å². The predicted molar refractivity (Wildman–Crippen MR) is 46.5 cm³/mol. The Kier molecular flexibility index (Phi) is 4.35. The minimum absolute atomic E-state index is 0. The van der Waals surface area contributed by atoms with E-state index in [0.29, 0.717) is 6.54 Å². The zero-order valence-corrected chi connectivity index (χ0v) is 6.77. The number of aromatic nitrogens is 2. The summed E-state index contributed by atoms with van der Waals surface area (Å²) in [6.45, 7) is 0.457. The molecule has 3 N–H and O–H groups in total. The summed E-state index contributed by atoms with van der Waals surface area (Å²) in [6.07, 6.45) is 8.48. The van der Waals surface area contributed by atoms with Crippen LogP contribution in [0.3, 0.4) is 0 Å². The maximum absolute atomic E-state index is 5.38. The smallest absolute Gasteiger partial charge is 0.0922 e. The molecule has 1 atom stereocenters. The average Bonchev–Trinajstić information content (AvgIpc) is 2.43. The van der Waals surface area contributed by atoms with Gasteiger partial charge in [-0.3, -0.25) is 0 Å². The maximum Gasteiger partial charge on any atom is 0.0922 e. The summed E-state index contributed by atoms with van der Waals surface area (Å²) in [5.41, 5.74) is 6.29. The molecule has 0 amide bonds. The van der Waals surface area contributed by atoms with E-state index in [4.69, 9.17) is 12.2 Å². The second kappa shape index (κ2) is 4.78. The molecule has 3 nitrogen and oxygen atoms in total. The lowest BCUT2D eigenvalue weighted by atomic mass is 10.1. The summed E-state index contributed by atoms with van der Waals surface area (Å²) >= 11 is 0. The van der Waals surface area contributed by atoms with E-state index in [1.807, 2.05) is 0 Å². The topological polar surface area (TPSA) is 54.7 Å². The van der Waals surface area contributed by atoms with Gasteiger partial charge >= 0.3 is 0 Å². The summed E-state index contributed by atoms with van der Waals surface area (Å²) in [4.78, 5) is 6.74. The summed E-state index contributed by atoms with van der Waals surface area (Å²) in [7, 11) is 0. The maximum atomic E-state index is 5.38. The van der Waals surface area contributed by atoms with E-state index in [-0.39, 0.29) is 18.3 Å². The first-order valence-corrected chi connectivity index (χ1v) is 3.03. The Morgan fingerprint density at radius 3 is 2.91 bits per heavy atom. The van der Waals surface area contributed by atoms with Crippen LogP contribution in [0.1, 0.15) is 11.6 Å². The molecule has 0 spiro atoms. The molecule has 1 aromatic rings. The molecule has 0 aliphatic carbocycles. The number of terminal acetylenes is 1. The second-order valence-corrected chi connectivity index (χ2v) is 1.96. The van der Waals surface area contributed by atoms with Crippen molar-refractivity contribution in [2.24, 2.45) is 5.73 Å². The highest BCUT2D eigenvalue weighted by molar-refractivity contribution is 5.85. The number of hydrogen-bond donors (Lipinski definition) is 2. The van der Waals surface area contributed by atoms with Crippen molar-refractivity contribution in [2.75, 3.05) is 6.54 Å². The van der Waals surface area contributed by atoms with E-state index >= 15 is 0 Å². The van der Waals surface area contributed by atoms with Crippen molar-refractivity contribution in [3.05, 3.63) is 18.2 Å². The number of halogens is 1. The van der Waals surface area contributed by atoms with Crippen LogP contribution in [0.15, 0.2) is 12.5 Å². The van der Waals surface area contributed by atoms with Gasteiger partial charge in [0.2, 0.25) is 0 Å². The van der Waals surface area contributed by atoms with Crippen molar-refractivity contribution in [1.29, 1.82) is 0 Å². The molecule has 11 heavy (non-hydrogen) atoms. The molecule has 1 aromatic heterocycles. The van der Waals surface area contributed by atoms with Gasteiger partial charge in [-0.05, 0) is 0 Å². The van der Waals surface area contributed by atoms with Gasteiger partial charge in [-0.1, -0.05) is 5.92 Å². The lowest BCUT2D eigenvalue weighted by molar-refractivity contribution is 0.847. The first kappa shape index (κ1) is 10.0. The lowest BCUT2D eigenvalue weighted by Gasteiger charge is -2.01. The normalized spacial score (nSPS) is 11.3. The standard InChI is InChI=1S/C7H9N3.ClH/c1-2-6(3-8)7-4-9-5-10-7;/h1,4-6H,3,8H2,(H,9,10);1H. The van der Waals surface area contributed by atoms with E-state index in [2.05, 4.69) is 15.9 Å². The Hall–Kier alpha value is -0.980. The molecule has 1 rings (SSSR count).